The van der Waals surface area contributed by atoms with Gasteiger partial charge in [-0.15, -0.1) is 0 Å². The molecule has 0 radical (unpaired) electrons. The van der Waals surface area contributed by atoms with Crippen LogP contribution in [0.4, 0.5) is 0 Å². The van der Waals surface area contributed by atoms with E-state index >= 15 is 0 Å². The van der Waals surface area contributed by atoms with Crippen molar-refractivity contribution in [3.05, 3.63) is 0 Å². The van der Waals surface area contributed by atoms with Crippen molar-refractivity contribution in [3.63, 3.8) is 0 Å². The quantitative estimate of drug-likeness (QED) is 0.564. The van der Waals surface area contributed by atoms with Gasteiger partial charge in [-0.05, 0) is 36.5 Å². The molecule has 1 aliphatic heterocycles. The molecule has 7 aliphatic rings. The Morgan fingerprint density at radius 1 is 1.16 bits per heavy atom. The van der Waals surface area contributed by atoms with Gasteiger partial charge in [0.1, 0.15) is 0 Å². The molecule has 0 aromatic rings. The second kappa shape index (κ2) is 2.53. The smallest absolute Gasteiger partial charge is 0.312 e. The molecule has 2 bridgehead atoms. The molecule has 102 valence electrons. The molecule has 1 saturated heterocycles. The number of halogens is 1. The Morgan fingerprint density at radius 2 is 1.74 bits per heavy atom. The van der Waals surface area contributed by atoms with E-state index in [9.17, 15) is 4.79 Å². The van der Waals surface area contributed by atoms with Gasteiger partial charge in [0, 0.05) is 5.92 Å². The number of rotatable bonds is 2. The standard InChI is InChI=1S/C14H15BrO4/c1-2-17-11(16)12-5-8-6(12)10-7(12)9(5)13(8,15)14(10)18-3-4-19-14/h5-10H,2-4H2,1H3. The fraction of sp³-hybridized carbons (Fsp3) is 0.929. The maximum atomic E-state index is 12.4. The van der Waals surface area contributed by atoms with E-state index in [1.165, 1.54) is 0 Å². The average Bonchev–Trinajstić information content (AvgIpc) is 2.89. The summed E-state index contributed by atoms with van der Waals surface area (Å²) in [6.45, 7) is 3.77. The van der Waals surface area contributed by atoms with Crippen LogP contribution in [0.15, 0.2) is 0 Å². The minimum absolute atomic E-state index is 0.00934. The summed E-state index contributed by atoms with van der Waals surface area (Å²) in [5.74, 6) is 2.67. The zero-order valence-electron chi connectivity index (χ0n) is 10.6. The zero-order chi connectivity index (χ0) is 12.8. The first-order valence-corrected chi connectivity index (χ1v) is 8.10. The molecule has 1 spiro atoms. The van der Waals surface area contributed by atoms with Crippen LogP contribution in [0.5, 0.6) is 0 Å². The molecule has 1 heterocycles. The Kier molecular flexibility index (Phi) is 1.41. The summed E-state index contributed by atoms with van der Waals surface area (Å²) in [6, 6.07) is 0. The average molecular weight is 327 g/mol. The van der Waals surface area contributed by atoms with Crippen LogP contribution in [0.1, 0.15) is 6.92 Å². The third kappa shape index (κ3) is 0.596. The van der Waals surface area contributed by atoms with Crippen LogP contribution in [0, 0.1) is 40.9 Å². The van der Waals surface area contributed by atoms with Crippen molar-refractivity contribution in [2.45, 2.75) is 17.0 Å². The van der Waals surface area contributed by atoms with Gasteiger partial charge in [-0.1, -0.05) is 15.9 Å². The minimum Gasteiger partial charge on any atom is -0.466 e. The maximum Gasteiger partial charge on any atom is 0.312 e. The molecular formula is C14H15BrO4. The number of alkyl halides is 1. The molecule has 6 saturated carbocycles. The molecule has 4 nitrogen and oxygen atoms in total. The van der Waals surface area contributed by atoms with Gasteiger partial charge in [-0.2, -0.15) is 0 Å². The van der Waals surface area contributed by atoms with Crippen molar-refractivity contribution < 1.29 is 19.0 Å². The number of hydrogen-bond donors (Lipinski definition) is 0. The van der Waals surface area contributed by atoms with Gasteiger partial charge in [-0.25, -0.2) is 0 Å². The molecule has 19 heavy (non-hydrogen) atoms. The van der Waals surface area contributed by atoms with Crippen LogP contribution >= 0.6 is 15.9 Å². The summed E-state index contributed by atoms with van der Waals surface area (Å²) in [7, 11) is 0. The van der Waals surface area contributed by atoms with Crippen molar-refractivity contribution in [1.82, 2.24) is 0 Å². The van der Waals surface area contributed by atoms with Crippen LogP contribution in [0.25, 0.3) is 0 Å². The van der Waals surface area contributed by atoms with Crippen molar-refractivity contribution >= 4 is 21.9 Å². The van der Waals surface area contributed by atoms with Crippen LogP contribution in [-0.4, -0.2) is 35.9 Å². The van der Waals surface area contributed by atoms with Crippen LogP contribution in [0.3, 0.4) is 0 Å². The van der Waals surface area contributed by atoms with Crippen LogP contribution < -0.4 is 0 Å². The number of hydrogen-bond acceptors (Lipinski definition) is 4. The van der Waals surface area contributed by atoms with Gasteiger partial charge < -0.3 is 14.2 Å². The first-order valence-electron chi connectivity index (χ1n) is 7.31. The molecule has 5 heteroatoms. The third-order valence-corrected chi connectivity index (χ3v) is 8.87. The molecule has 7 rings (SSSR count). The SMILES string of the molecule is CCOC(=O)C12C3C4C1C1C2C3C1(Br)C41OCCO1. The predicted molar refractivity (Wildman–Crippen MR) is 66.3 cm³/mol. The summed E-state index contributed by atoms with van der Waals surface area (Å²) >= 11 is 3.98. The number of carbonyl (C=O) groups is 1. The summed E-state index contributed by atoms with van der Waals surface area (Å²) in [4.78, 5) is 12.4. The summed E-state index contributed by atoms with van der Waals surface area (Å²) in [6.07, 6.45) is 0. The fourth-order valence-corrected chi connectivity index (χ4v) is 8.91. The van der Waals surface area contributed by atoms with Crippen molar-refractivity contribution in [3.8, 4) is 0 Å². The topological polar surface area (TPSA) is 44.8 Å². The molecule has 0 aromatic heterocycles. The lowest BCUT2D eigenvalue weighted by molar-refractivity contribution is -0.422. The number of ether oxygens (including phenoxy) is 3. The normalized spacial score (nSPS) is 66.8. The van der Waals surface area contributed by atoms with Crippen molar-refractivity contribution in [1.29, 1.82) is 0 Å². The second-order valence-electron chi connectivity index (χ2n) is 6.94. The Bertz CT molecular complexity index is 520. The Labute approximate surface area is 119 Å². The van der Waals surface area contributed by atoms with Gasteiger partial charge in [0.05, 0.1) is 29.6 Å². The predicted octanol–water partition coefficient (Wildman–Crippen LogP) is 1.18. The summed E-state index contributed by atoms with van der Waals surface area (Å²) in [5, 5.41) is 0. The minimum atomic E-state index is -0.416. The zero-order valence-corrected chi connectivity index (χ0v) is 12.2. The van der Waals surface area contributed by atoms with Crippen LogP contribution in [0.2, 0.25) is 0 Å². The van der Waals surface area contributed by atoms with E-state index in [2.05, 4.69) is 15.9 Å². The van der Waals surface area contributed by atoms with E-state index in [1.807, 2.05) is 6.92 Å². The monoisotopic (exact) mass is 326 g/mol. The second-order valence-corrected chi connectivity index (χ2v) is 8.25. The number of carbonyl (C=O) groups excluding carboxylic acids is 1. The Balaban J connectivity index is 1.47. The molecular weight excluding hydrogens is 312 g/mol. The first-order chi connectivity index (χ1) is 9.17. The summed E-state index contributed by atoms with van der Waals surface area (Å²) in [5.41, 5.74) is -0.133. The van der Waals surface area contributed by atoms with E-state index in [-0.39, 0.29) is 15.7 Å². The molecule has 0 N–H and O–H groups in total. The van der Waals surface area contributed by atoms with Gasteiger partial charge in [-0.3, -0.25) is 4.79 Å². The van der Waals surface area contributed by atoms with E-state index in [0.717, 1.165) is 0 Å². The van der Waals surface area contributed by atoms with E-state index in [0.29, 0.717) is 55.3 Å². The third-order valence-electron chi connectivity index (χ3n) is 7.26. The Hall–Kier alpha value is -0.130. The molecule has 0 aromatic carbocycles. The Morgan fingerprint density at radius 3 is 2.32 bits per heavy atom. The number of esters is 1. The molecule has 4 unspecified atom stereocenters. The highest BCUT2D eigenvalue weighted by atomic mass is 79.9. The lowest BCUT2D eigenvalue weighted by Crippen LogP contribution is -2.94. The largest absolute Gasteiger partial charge is 0.466 e. The fourth-order valence-electron chi connectivity index (χ4n) is 7.28. The molecule has 4 atom stereocenters. The van der Waals surface area contributed by atoms with Gasteiger partial charge in [0.15, 0.2) is 5.79 Å². The highest BCUT2D eigenvalue weighted by Gasteiger charge is 3.10. The van der Waals surface area contributed by atoms with E-state index < -0.39 is 5.79 Å². The highest BCUT2D eigenvalue weighted by molar-refractivity contribution is 9.10. The lowest BCUT2D eigenvalue weighted by atomic mass is 9.13. The van der Waals surface area contributed by atoms with Gasteiger partial charge in [0.2, 0.25) is 0 Å². The first kappa shape index (κ1) is 10.6. The molecule has 6 aliphatic carbocycles. The molecule has 7 fully saturated rings. The lowest BCUT2D eigenvalue weighted by Gasteiger charge is -2.89. The van der Waals surface area contributed by atoms with E-state index in [4.69, 9.17) is 14.2 Å². The van der Waals surface area contributed by atoms with Gasteiger partial charge in [0.25, 0.3) is 0 Å². The maximum absolute atomic E-state index is 12.4. The van der Waals surface area contributed by atoms with E-state index in [1.54, 1.807) is 0 Å². The van der Waals surface area contributed by atoms with Gasteiger partial charge >= 0.3 is 5.97 Å². The highest BCUT2D eigenvalue weighted by Crippen LogP contribution is 3.04. The molecule has 0 amide bonds. The van der Waals surface area contributed by atoms with Crippen molar-refractivity contribution in [2.24, 2.45) is 40.9 Å². The van der Waals surface area contributed by atoms with Crippen LogP contribution in [-0.2, 0) is 19.0 Å². The van der Waals surface area contributed by atoms with Crippen molar-refractivity contribution in [2.75, 3.05) is 19.8 Å². The summed E-state index contributed by atoms with van der Waals surface area (Å²) < 4.78 is 17.5.